The quantitative estimate of drug-likeness (QED) is 0.103. The van der Waals surface area contributed by atoms with Crippen LogP contribution in [0.1, 0.15) is 90.1 Å². The Bertz CT molecular complexity index is 3490. The Morgan fingerprint density at radius 3 is 0.986 bits per heavy atom. The van der Waals surface area contributed by atoms with Crippen LogP contribution in [0.5, 0.6) is 0 Å². The fourth-order valence-electron chi connectivity index (χ4n) is 5.62. The topological polar surface area (TPSA) is 130 Å². The Morgan fingerprint density at radius 1 is 0.333 bits per heavy atom. The van der Waals surface area contributed by atoms with E-state index in [1.807, 2.05) is 114 Å². The van der Waals surface area contributed by atoms with E-state index in [4.69, 9.17) is 12.5 Å². The summed E-state index contributed by atoms with van der Waals surface area (Å²) >= 11 is 0. The van der Waals surface area contributed by atoms with E-state index in [0.717, 1.165) is 69.3 Å². The largest absolute Gasteiger partial charge is 0.297 e. The van der Waals surface area contributed by atoms with Crippen LogP contribution in [0.2, 0.25) is 0 Å². The van der Waals surface area contributed by atoms with Gasteiger partial charge in [0.25, 0.3) is 30.4 Å². The van der Waals surface area contributed by atoms with E-state index in [0.29, 0.717) is 0 Å². The average molecular weight is 1020 g/mol. The molecular weight excluding hydrogens is 961 g/mol. The monoisotopic (exact) mass is 1010 g/mol. The van der Waals surface area contributed by atoms with Gasteiger partial charge in [0.1, 0.15) is 19.8 Å². The van der Waals surface area contributed by atoms with Gasteiger partial charge in [-0.1, -0.05) is 163 Å². The Labute approximate surface area is 427 Å². The second-order valence-electron chi connectivity index (χ2n) is 15.2. The lowest BCUT2D eigenvalue weighted by molar-refractivity contribution is 0.362. The smallest absolute Gasteiger partial charge is 0.253 e. The summed E-state index contributed by atoms with van der Waals surface area (Å²) in [6, 6.07) is 41.9. The van der Waals surface area contributed by atoms with Gasteiger partial charge in [-0.2, -0.15) is 25.3 Å². The van der Waals surface area contributed by atoms with E-state index in [2.05, 4.69) is 71.0 Å². The highest BCUT2D eigenvalue weighted by atomic mass is 32.2. The molecule has 0 aromatic heterocycles. The molecule has 9 nitrogen and oxygen atoms in total. The van der Waals surface area contributed by atoms with Crippen molar-refractivity contribution in [3.8, 4) is 71.0 Å². The van der Waals surface area contributed by atoms with E-state index >= 15 is 0 Å². The number of aryl methyl sites for hydroxylation is 3. The molecule has 0 amide bonds. The van der Waals surface area contributed by atoms with Gasteiger partial charge in [-0.3, -0.25) is 12.5 Å². The summed E-state index contributed by atoms with van der Waals surface area (Å²) in [6.07, 6.45) is 2.37. The van der Waals surface area contributed by atoms with Crippen molar-refractivity contribution in [2.24, 2.45) is 0 Å². The standard InChI is InChI=1S/3C20H18O3S/c1-3-4-7-18-8-5-9-19(16-18)10-6-15-23-24(21,22)20-13-11-17(2)12-14-20;1-3-4-8-18-9-5-6-10-19(18)11-7-16-23-24(21,22)20-14-12-17(2)13-15-20;1-3-4-6-18-10-12-19(13-11-18)7-5-16-23-24(21,22)20-14-8-17(2)9-15-20/h5,8-9,11-14,16H,3,15H2,1-2H3;5-6,9-10,12-15H,3,16H2,1-2H3;8-15H,3,16H2,1-2H3. The lowest BCUT2D eigenvalue weighted by Gasteiger charge is -2.02. The van der Waals surface area contributed by atoms with Gasteiger partial charge in [0.05, 0.1) is 14.7 Å². The third-order valence-corrected chi connectivity index (χ3v) is 13.2. The second-order valence-corrected chi connectivity index (χ2v) is 20.0. The molecule has 0 unspecified atom stereocenters. The predicted molar refractivity (Wildman–Crippen MR) is 284 cm³/mol. The summed E-state index contributed by atoms with van der Waals surface area (Å²) in [6.45, 7) is 11.1. The van der Waals surface area contributed by atoms with E-state index in [1.165, 1.54) is 36.4 Å². The van der Waals surface area contributed by atoms with Crippen LogP contribution in [0.3, 0.4) is 0 Å². The first kappa shape index (κ1) is 57.0. The number of benzene rings is 6. The van der Waals surface area contributed by atoms with Crippen LogP contribution in [0.25, 0.3) is 0 Å². The zero-order chi connectivity index (χ0) is 52.2. The molecule has 366 valence electrons. The zero-order valence-electron chi connectivity index (χ0n) is 41.0. The summed E-state index contributed by atoms with van der Waals surface area (Å²) in [5, 5.41) is 0. The molecule has 0 heterocycles. The summed E-state index contributed by atoms with van der Waals surface area (Å²) in [7, 11) is -11.3. The number of hydrogen-bond acceptors (Lipinski definition) is 9. The average Bonchev–Trinajstić information content (AvgIpc) is 3.37. The summed E-state index contributed by atoms with van der Waals surface area (Å²) in [5.74, 6) is 34.9. The molecule has 0 saturated carbocycles. The molecule has 6 aromatic rings. The minimum atomic E-state index is -3.79. The second kappa shape index (κ2) is 29.6. The van der Waals surface area contributed by atoms with Gasteiger partial charge in [0, 0.05) is 52.6 Å². The molecule has 0 spiro atoms. The van der Waals surface area contributed by atoms with Gasteiger partial charge in [-0.25, -0.2) is 0 Å². The van der Waals surface area contributed by atoms with E-state index in [1.54, 1.807) is 36.4 Å². The molecule has 0 radical (unpaired) electrons. The molecule has 6 aromatic carbocycles. The van der Waals surface area contributed by atoms with Crippen molar-refractivity contribution >= 4 is 30.4 Å². The minimum absolute atomic E-state index is 0.129. The molecule has 0 N–H and O–H groups in total. The van der Waals surface area contributed by atoms with E-state index < -0.39 is 30.4 Å². The van der Waals surface area contributed by atoms with Gasteiger partial charge in [0.15, 0.2) is 0 Å². The first-order valence-corrected chi connectivity index (χ1v) is 26.9. The van der Waals surface area contributed by atoms with E-state index in [-0.39, 0.29) is 34.5 Å². The Balaban J connectivity index is 0.000000234. The van der Waals surface area contributed by atoms with Crippen LogP contribution in [0, 0.1) is 91.8 Å². The highest BCUT2D eigenvalue weighted by Gasteiger charge is 2.16. The van der Waals surface area contributed by atoms with Crippen LogP contribution in [-0.2, 0) is 42.9 Å². The maximum atomic E-state index is 12.1. The summed E-state index contributed by atoms with van der Waals surface area (Å²) in [4.78, 5) is 0.393. The Hall–Kier alpha value is -7.59. The van der Waals surface area contributed by atoms with E-state index in [9.17, 15) is 25.3 Å². The maximum absolute atomic E-state index is 12.1. The molecular formula is C60H54O9S3. The first-order chi connectivity index (χ1) is 34.5. The highest BCUT2D eigenvalue weighted by Crippen LogP contribution is 2.16. The van der Waals surface area contributed by atoms with Crippen molar-refractivity contribution in [2.45, 2.75) is 75.5 Å². The molecule has 0 aliphatic rings. The van der Waals surface area contributed by atoms with Crippen LogP contribution in [-0.4, -0.2) is 45.1 Å². The minimum Gasteiger partial charge on any atom is -0.253 e. The normalized spacial score (nSPS) is 10.2. The lowest BCUT2D eigenvalue weighted by Crippen LogP contribution is -2.06. The Morgan fingerprint density at radius 2 is 0.625 bits per heavy atom. The highest BCUT2D eigenvalue weighted by molar-refractivity contribution is 7.87. The van der Waals surface area contributed by atoms with Crippen molar-refractivity contribution in [1.82, 2.24) is 0 Å². The van der Waals surface area contributed by atoms with Crippen molar-refractivity contribution in [3.63, 3.8) is 0 Å². The third kappa shape index (κ3) is 20.4. The van der Waals surface area contributed by atoms with Crippen molar-refractivity contribution < 1.29 is 37.8 Å². The summed E-state index contributed by atoms with van der Waals surface area (Å²) in [5.41, 5.74) is 7.92. The van der Waals surface area contributed by atoms with Gasteiger partial charge in [-0.05, 0) is 112 Å². The zero-order valence-corrected chi connectivity index (χ0v) is 43.4. The number of rotatable bonds is 9. The van der Waals surface area contributed by atoms with Crippen LogP contribution in [0.4, 0.5) is 0 Å². The van der Waals surface area contributed by atoms with Gasteiger partial charge >= 0.3 is 0 Å². The van der Waals surface area contributed by atoms with Crippen LogP contribution >= 0.6 is 0 Å². The fourth-order valence-corrected chi connectivity index (χ4v) is 8.08. The van der Waals surface area contributed by atoms with Gasteiger partial charge < -0.3 is 0 Å². The van der Waals surface area contributed by atoms with Crippen LogP contribution < -0.4 is 0 Å². The molecule has 12 heteroatoms. The molecule has 0 bridgehead atoms. The van der Waals surface area contributed by atoms with Crippen LogP contribution in [0.15, 0.2) is 160 Å². The molecule has 6 rings (SSSR count). The molecule has 0 atom stereocenters. The molecule has 0 saturated heterocycles. The fraction of sp³-hybridized carbons (Fsp3) is 0.200. The summed E-state index contributed by atoms with van der Waals surface area (Å²) < 4.78 is 87.0. The molecule has 72 heavy (non-hydrogen) atoms. The SMILES string of the molecule is CCC#Cc1ccc(C#CCOS(=O)(=O)c2ccc(C)cc2)cc1.CCC#Cc1cccc(C#CCOS(=O)(=O)c2ccc(C)cc2)c1.CCC#Cc1ccccc1C#CCOS(=O)(=O)c1ccc(C)cc1. The van der Waals surface area contributed by atoms with Crippen molar-refractivity contribution in [2.75, 3.05) is 19.8 Å². The Kier molecular flexibility index (Phi) is 23.4. The van der Waals surface area contributed by atoms with Gasteiger partial charge in [-0.15, -0.1) is 0 Å². The van der Waals surface area contributed by atoms with Gasteiger partial charge in [0.2, 0.25) is 0 Å². The van der Waals surface area contributed by atoms with Crippen molar-refractivity contribution in [3.05, 3.63) is 196 Å². The molecule has 0 aliphatic heterocycles. The molecule has 0 fully saturated rings. The number of hydrogen-bond donors (Lipinski definition) is 0. The third-order valence-electron chi connectivity index (χ3n) is 9.37. The predicted octanol–water partition coefficient (Wildman–Crippen LogP) is 10.5. The maximum Gasteiger partial charge on any atom is 0.297 e. The lowest BCUT2D eigenvalue weighted by atomic mass is 10.1. The molecule has 0 aliphatic carbocycles. The van der Waals surface area contributed by atoms with Crippen molar-refractivity contribution in [1.29, 1.82) is 0 Å². The first-order valence-electron chi connectivity index (χ1n) is 22.7.